The number of fused-ring (bicyclic) bond motifs is 1. The second kappa shape index (κ2) is 4.00. The molecule has 16 heavy (non-hydrogen) atoms. The lowest BCUT2D eigenvalue weighted by Gasteiger charge is -2.09. The van der Waals surface area contributed by atoms with Crippen LogP contribution in [0.3, 0.4) is 0 Å². The predicted molar refractivity (Wildman–Crippen MR) is 66.2 cm³/mol. The zero-order chi connectivity index (χ0) is 11.1. The maximum absolute atomic E-state index is 13.3. The lowest BCUT2D eigenvalue weighted by Crippen LogP contribution is -2.09. The number of halogens is 2. The molecule has 3 nitrogen and oxygen atoms in total. The number of thioether (sulfide) groups is 1. The van der Waals surface area contributed by atoms with Crippen LogP contribution in [0, 0.1) is 5.82 Å². The van der Waals surface area contributed by atoms with Gasteiger partial charge in [0.2, 0.25) is 0 Å². The Morgan fingerprint density at radius 1 is 1.50 bits per heavy atom. The number of rotatable bonds is 1. The second-order valence-electron chi connectivity index (χ2n) is 3.81. The summed E-state index contributed by atoms with van der Waals surface area (Å²) in [5.41, 5.74) is 1.53. The molecule has 0 amide bonds. The van der Waals surface area contributed by atoms with Gasteiger partial charge in [-0.15, -0.1) is 5.10 Å². The van der Waals surface area contributed by atoms with E-state index >= 15 is 0 Å². The molecule has 1 fully saturated rings. The Hall–Kier alpha value is -0.620. The van der Waals surface area contributed by atoms with Crippen molar-refractivity contribution in [3.05, 3.63) is 22.4 Å². The summed E-state index contributed by atoms with van der Waals surface area (Å²) in [4.78, 5) is 0. The zero-order valence-corrected chi connectivity index (χ0v) is 10.8. The molecule has 6 heteroatoms. The summed E-state index contributed by atoms with van der Waals surface area (Å²) < 4.78 is 15.7. The average molecular weight is 302 g/mol. The molecule has 1 saturated heterocycles. The molecular weight excluding hydrogens is 293 g/mol. The van der Waals surface area contributed by atoms with E-state index in [1.54, 1.807) is 6.07 Å². The maximum atomic E-state index is 13.3. The monoisotopic (exact) mass is 301 g/mol. The third kappa shape index (κ3) is 1.64. The van der Waals surface area contributed by atoms with Crippen LogP contribution in [0.15, 0.2) is 16.6 Å². The minimum Gasteiger partial charge on any atom is -0.241 e. The van der Waals surface area contributed by atoms with E-state index in [1.165, 1.54) is 6.07 Å². The van der Waals surface area contributed by atoms with Crippen molar-refractivity contribution in [2.75, 3.05) is 11.5 Å². The van der Waals surface area contributed by atoms with Crippen LogP contribution in [0.4, 0.5) is 4.39 Å². The fourth-order valence-electron chi connectivity index (χ4n) is 1.92. The van der Waals surface area contributed by atoms with Crippen LogP contribution in [-0.2, 0) is 0 Å². The molecule has 1 aromatic carbocycles. The summed E-state index contributed by atoms with van der Waals surface area (Å²) in [5, 5.41) is 8.13. The van der Waals surface area contributed by atoms with Gasteiger partial charge in [0.25, 0.3) is 0 Å². The lowest BCUT2D eigenvalue weighted by molar-refractivity contribution is 0.501. The predicted octanol–water partition coefficient (Wildman–Crippen LogP) is 3.01. The standard InChI is InChI=1S/C10H9BrFN3S/c11-7-3-10-9(4-8(7)12)13-14-15(10)6-1-2-16-5-6/h3-4,6H,1-2,5H2. The van der Waals surface area contributed by atoms with Gasteiger partial charge in [-0.25, -0.2) is 9.07 Å². The quantitative estimate of drug-likeness (QED) is 0.811. The third-order valence-corrected chi connectivity index (χ3v) is 4.52. The summed E-state index contributed by atoms with van der Waals surface area (Å²) in [7, 11) is 0. The van der Waals surface area contributed by atoms with Crippen molar-refractivity contribution in [3.8, 4) is 0 Å². The van der Waals surface area contributed by atoms with Gasteiger partial charge < -0.3 is 0 Å². The van der Waals surface area contributed by atoms with E-state index in [1.807, 2.05) is 16.4 Å². The van der Waals surface area contributed by atoms with Crippen molar-refractivity contribution in [1.82, 2.24) is 15.0 Å². The van der Waals surface area contributed by atoms with Crippen molar-refractivity contribution >= 4 is 38.7 Å². The first-order chi connectivity index (χ1) is 7.75. The van der Waals surface area contributed by atoms with E-state index in [-0.39, 0.29) is 5.82 Å². The van der Waals surface area contributed by atoms with E-state index < -0.39 is 0 Å². The topological polar surface area (TPSA) is 30.7 Å². The number of hydrogen-bond acceptors (Lipinski definition) is 3. The van der Waals surface area contributed by atoms with E-state index in [0.29, 0.717) is 16.0 Å². The summed E-state index contributed by atoms with van der Waals surface area (Å²) in [5.74, 6) is 1.93. The molecule has 2 heterocycles. The van der Waals surface area contributed by atoms with Crippen molar-refractivity contribution in [2.45, 2.75) is 12.5 Å². The SMILES string of the molecule is Fc1cc2nnn(C3CCSC3)c2cc1Br. The van der Waals surface area contributed by atoms with Crippen LogP contribution in [0.5, 0.6) is 0 Å². The largest absolute Gasteiger partial charge is 0.241 e. The minimum atomic E-state index is -0.291. The Balaban J connectivity index is 2.15. The van der Waals surface area contributed by atoms with Gasteiger partial charge in [0.05, 0.1) is 16.0 Å². The summed E-state index contributed by atoms with van der Waals surface area (Å²) >= 11 is 5.12. The molecular formula is C10H9BrFN3S. The van der Waals surface area contributed by atoms with Gasteiger partial charge in [0.15, 0.2) is 0 Å². The Morgan fingerprint density at radius 2 is 2.38 bits per heavy atom. The van der Waals surface area contributed by atoms with Gasteiger partial charge in [-0.2, -0.15) is 11.8 Å². The maximum Gasteiger partial charge on any atom is 0.139 e. The normalized spacial score (nSPS) is 20.8. The molecule has 0 saturated carbocycles. The van der Waals surface area contributed by atoms with Crippen LogP contribution in [-0.4, -0.2) is 26.5 Å². The first-order valence-electron chi connectivity index (χ1n) is 5.03. The van der Waals surface area contributed by atoms with Gasteiger partial charge in [-0.1, -0.05) is 5.21 Å². The van der Waals surface area contributed by atoms with E-state index in [4.69, 9.17) is 0 Å². The Morgan fingerprint density at radius 3 is 3.12 bits per heavy atom. The number of nitrogens with zero attached hydrogens (tertiary/aromatic N) is 3. The molecule has 1 aliphatic rings. The fourth-order valence-corrected chi connectivity index (χ4v) is 3.44. The van der Waals surface area contributed by atoms with Crippen LogP contribution >= 0.6 is 27.7 Å². The van der Waals surface area contributed by atoms with Crippen LogP contribution in [0.2, 0.25) is 0 Å². The minimum absolute atomic E-state index is 0.291. The highest BCUT2D eigenvalue weighted by atomic mass is 79.9. The van der Waals surface area contributed by atoms with E-state index in [2.05, 4.69) is 26.2 Å². The summed E-state index contributed by atoms with van der Waals surface area (Å²) in [6.45, 7) is 0. The van der Waals surface area contributed by atoms with Crippen LogP contribution in [0.25, 0.3) is 11.0 Å². The van der Waals surface area contributed by atoms with Gasteiger partial charge in [0, 0.05) is 11.8 Å². The van der Waals surface area contributed by atoms with E-state index in [0.717, 1.165) is 23.4 Å². The van der Waals surface area contributed by atoms with Crippen molar-refractivity contribution < 1.29 is 4.39 Å². The molecule has 0 bridgehead atoms. The third-order valence-electron chi connectivity index (χ3n) is 2.76. The molecule has 1 unspecified atom stereocenters. The van der Waals surface area contributed by atoms with Crippen LogP contribution in [0.1, 0.15) is 12.5 Å². The van der Waals surface area contributed by atoms with E-state index in [9.17, 15) is 4.39 Å². The van der Waals surface area contributed by atoms with Crippen molar-refractivity contribution in [1.29, 1.82) is 0 Å². The highest BCUT2D eigenvalue weighted by Gasteiger charge is 2.21. The Kier molecular flexibility index (Phi) is 2.63. The first-order valence-corrected chi connectivity index (χ1v) is 6.98. The Bertz CT molecular complexity index is 536. The molecule has 3 rings (SSSR count). The number of benzene rings is 1. The fraction of sp³-hybridized carbons (Fsp3) is 0.400. The molecule has 1 aliphatic heterocycles. The Labute approximate surface area is 105 Å². The molecule has 1 atom stereocenters. The van der Waals surface area contributed by atoms with Gasteiger partial charge >= 0.3 is 0 Å². The number of aromatic nitrogens is 3. The molecule has 1 aromatic heterocycles. The molecule has 84 valence electrons. The average Bonchev–Trinajstić information content (AvgIpc) is 2.87. The van der Waals surface area contributed by atoms with Gasteiger partial charge in [-0.3, -0.25) is 0 Å². The lowest BCUT2D eigenvalue weighted by atomic mass is 10.2. The second-order valence-corrected chi connectivity index (χ2v) is 5.81. The molecule has 0 aliphatic carbocycles. The molecule has 2 aromatic rings. The van der Waals surface area contributed by atoms with Crippen molar-refractivity contribution in [2.24, 2.45) is 0 Å². The highest BCUT2D eigenvalue weighted by Crippen LogP contribution is 2.30. The van der Waals surface area contributed by atoms with Gasteiger partial charge in [0.1, 0.15) is 11.3 Å². The first kappa shape index (κ1) is 10.5. The molecule has 0 radical (unpaired) electrons. The smallest absolute Gasteiger partial charge is 0.139 e. The molecule has 0 N–H and O–H groups in total. The van der Waals surface area contributed by atoms with Crippen molar-refractivity contribution in [3.63, 3.8) is 0 Å². The molecule has 0 spiro atoms. The summed E-state index contributed by atoms with van der Waals surface area (Å²) in [6.07, 6.45) is 1.11. The highest BCUT2D eigenvalue weighted by molar-refractivity contribution is 9.10. The van der Waals surface area contributed by atoms with Gasteiger partial charge in [-0.05, 0) is 34.2 Å². The summed E-state index contributed by atoms with van der Waals surface area (Å²) in [6, 6.07) is 3.57. The zero-order valence-electron chi connectivity index (χ0n) is 8.36. The number of hydrogen-bond donors (Lipinski definition) is 0. The van der Waals surface area contributed by atoms with Crippen LogP contribution < -0.4 is 0 Å².